The number of carboxylic acid groups (broad SMARTS) is 1. The zero-order valence-electron chi connectivity index (χ0n) is 11.8. The molecular weight excluding hydrogens is 262 g/mol. The molecule has 0 bridgehead atoms. The minimum atomic E-state index is -0.929. The minimum absolute atomic E-state index is 0.160. The molecule has 2 saturated heterocycles. The molecule has 0 radical (unpaired) electrons. The molecular formula is C13H23N3O4. The highest BCUT2D eigenvalue weighted by Gasteiger charge is 2.35. The first-order chi connectivity index (χ1) is 9.56. The maximum atomic E-state index is 11.8. The number of urea groups is 1. The Labute approximate surface area is 118 Å². The van der Waals surface area contributed by atoms with Gasteiger partial charge in [0.15, 0.2) is 0 Å². The van der Waals surface area contributed by atoms with Crippen molar-refractivity contribution in [2.75, 3.05) is 39.9 Å². The molecule has 0 aromatic rings. The van der Waals surface area contributed by atoms with Crippen molar-refractivity contribution >= 4 is 12.0 Å². The number of likely N-dealkylation sites (tertiary alicyclic amines) is 1. The van der Waals surface area contributed by atoms with E-state index in [0.29, 0.717) is 12.5 Å². The van der Waals surface area contributed by atoms with E-state index in [9.17, 15) is 9.59 Å². The van der Waals surface area contributed by atoms with Crippen molar-refractivity contribution in [2.24, 2.45) is 11.8 Å². The average molecular weight is 285 g/mol. The van der Waals surface area contributed by atoms with E-state index in [0.717, 1.165) is 25.9 Å². The molecule has 2 aliphatic rings. The van der Waals surface area contributed by atoms with Crippen LogP contribution < -0.4 is 10.6 Å². The van der Waals surface area contributed by atoms with Crippen LogP contribution in [0.4, 0.5) is 4.79 Å². The first-order valence-electron chi connectivity index (χ1n) is 7.09. The highest BCUT2D eigenvalue weighted by Crippen LogP contribution is 2.15. The van der Waals surface area contributed by atoms with Crippen molar-refractivity contribution in [2.45, 2.75) is 18.9 Å². The van der Waals surface area contributed by atoms with E-state index in [-0.39, 0.29) is 19.2 Å². The fourth-order valence-electron chi connectivity index (χ4n) is 2.84. The highest BCUT2D eigenvalue weighted by molar-refractivity contribution is 5.77. The van der Waals surface area contributed by atoms with Crippen LogP contribution in [0.3, 0.4) is 0 Å². The molecule has 2 fully saturated rings. The molecule has 3 N–H and O–H groups in total. The molecule has 0 saturated carbocycles. The van der Waals surface area contributed by atoms with Gasteiger partial charge >= 0.3 is 12.0 Å². The van der Waals surface area contributed by atoms with Gasteiger partial charge in [-0.1, -0.05) is 0 Å². The Bertz CT molecular complexity index is 364. The van der Waals surface area contributed by atoms with Crippen LogP contribution in [0.2, 0.25) is 0 Å². The molecule has 2 heterocycles. The van der Waals surface area contributed by atoms with Gasteiger partial charge in [0.1, 0.15) is 5.92 Å². The quantitative estimate of drug-likeness (QED) is 0.661. The number of carbonyl (C=O) groups is 2. The van der Waals surface area contributed by atoms with Crippen LogP contribution >= 0.6 is 0 Å². The molecule has 2 rings (SSSR count). The Kier molecular flexibility index (Phi) is 5.19. The molecule has 114 valence electrons. The minimum Gasteiger partial charge on any atom is -0.481 e. The molecule has 0 spiro atoms. The van der Waals surface area contributed by atoms with Crippen molar-refractivity contribution in [3.05, 3.63) is 0 Å². The maximum absolute atomic E-state index is 11.8. The molecule has 2 aliphatic heterocycles. The number of rotatable bonds is 4. The Morgan fingerprint density at radius 2 is 2.20 bits per heavy atom. The monoisotopic (exact) mass is 285 g/mol. The molecule has 0 aromatic carbocycles. The van der Waals surface area contributed by atoms with Crippen LogP contribution in [0.5, 0.6) is 0 Å². The van der Waals surface area contributed by atoms with Crippen molar-refractivity contribution in [1.29, 1.82) is 0 Å². The van der Waals surface area contributed by atoms with Crippen LogP contribution in [0, 0.1) is 11.8 Å². The van der Waals surface area contributed by atoms with E-state index in [2.05, 4.69) is 22.6 Å². The highest BCUT2D eigenvalue weighted by atomic mass is 16.5. The number of aliphatic carboxylic acids is 1. The number of hydrogen-bond acceptors (Lipinski definition) is 4. The second-order valence-corrected chi connectivity index (χ2v) is 5.71. The fraction of sp³-hybridized carbons (Fsp3) is 0.846. The molecule has 20 heavy (non-hydrogen) atoms. The van der Waals surface area contributed by atoms with Crippen molar-refractivity contribution in [1.82, 2.24) is 15.5 Å². The largest absolute Gasteiger partial charge is 0.481 e. The van der Waals surface area contributed by atoms with Gasteiger partial charge in [-0.25, -0.2) is 4.79 Å². The Hall–Kier alpha value is -1.34. The van der Waals surface area contributed by atoms with E-state index in [1.165, 1.54) is 0 Å². The number of amides is 2. The van der Waals surface area contributed by atoms with Gasteiger partial charge in [-0.05, 0) is 32.4 Å². The lowest BCUT2D eigenvalue weighted by Crippen LogP contribution is -2.49. The predicted molar refractivity (Wildman–Crippen MR) is 72.5 cm³/mol. The average Bonchev–Trinajstić information content (AvgIpc) is 2.85. The van der Waals surface area contributed by atoms with Crippen LogP contribution in [0.15, 0.2) is 0 Å². The van der Waals surface area contributed by atoms with Gasteiger partial charge in [-0.15, -0.1) is 0 Å². The van der Waals surface area contributed by atoms with Gasteiger partial charge in [0, 0.05) is 13.1 Å². The third-order valence-corrected chi connectivity index (χ3v) is 3.99. The summed E-state index contributed by atoms with van der Waals surface area (Å²) in [6.45, 7) is 3.15. The number of piperidine rings is 1. The van der Waals surface area contributed by atoms with Crippen LogP contribution in [0.1, 0.15) is 12.8 Å². The van der Waals surface area contributed by atoms with Crippen LogP contribution in [-0.2, 0) is 9.53 Å². The van der Waals surface area contributed by atoms with Gasteiger partial charge in [-0.2, -0.15) is 0 Å². The summed E-state index contributed by atoms with van der Waals surface area (Å²) in [7, 11) is 2.08. The maximum Gasteiger partial charge on any atom is 0.315 e. The molecule has 7 heteroatoms. The zero-order chi connectivity index (χ0) is 14.5. The summed E-state index contributed by atoms with van der Waals surface area (Å²) >= 11 is 0. The summed E-state index contributed by atoms with van der Waals surface area (Å²) in [4.78, 5) is 25.0. The lowest BCUT2D eigenvalue weighted by atomic mass is 9.98. The van der Waals surface area contributed by atoms with Gasteiger partial charge < -0.3 is 25.4 Å². The van der Waals surface area contributed by atoms with Crippen molar-refractivity contribution in [3.63, 3.8) is 0 Å². The normalized spacial score (nSPS) is 30.9. The first-order valence-corrected chi connectivity index (χ1v) is 7.09. The number of carbonyl (C=O) groups excluding carboxylic acids is 1. The molecule has 0 aromatic heterocycles. The second-order valence-electron chi connectivity index (χ2n) is 5.71. The SMILES string of the molecule is CN1CCCC(CNC(=O)NC2COCC2C(=O)O)C1. The number of nitrogens with zero attached hydrogens (tertiary/aromatic N) is 1. The first kappa shape index (κ1) is 15.1. The summed E-state index contributed by atoms with van der Waals surface area (Å²) in [5, 5.41) is 14.5. The number of carboxylic acids is 1. The molecule has 2 amide bonds. The third-order valence-electron chi connectivity index (χ3n) is 3.99. The molecule has 3 atom stereocenters. The van der Waals surface area contributed by atoms with E-state index < -0.39 is 17.9 Å². The van der Waals surface area contributed by atoms with Gasteiger partial charge in [-0.3, -0.25) is 4.79 Å². The topological polar surface area (TPSA) is 90.9 Å². The Morgan fingerprint density at radius 1 is 1.40 bits per heavy atom. The Balaban J connectivity index is 1.71. The van der Waals surface area contributed by atoms with Crippen LogP contribution in [-0.4, -0.2) is 67.9 Å². The van der Waals surface area contributed by atoms with E-state index >= 15 is 0 Å². The summed E-state index contributed by atoms with van der Waals surface area (Å²) in [5.41, 5.74) is 0. The van der Waals surface area contributed by atoms with E-state index in [1.54, 1.807) is 0 Å². The van der Waals surface area contributed by atoms with Gasteiger partial charge in [0.2, 0.25) is 0 Å². The second kappa shape index (κ2) is 6.90. The standard InChI is InChI=1S/C13H23N3O4/c1-16-4-2-3-9(6-16)5-14-13(19)15-11-8-20-7-10(11)12(17)18/h9-11H,2-8H2,1H3,(H,17,18)(H2,14,15,19). The third kappa shape index (κ3) is 4.08. The Morgan fingerprint density at radius 3 is 2.90 bits per heavy atom. The number of ether oxygens (including phenoxy) is 1. The van der Waals surface area contributed by atoms with E-state index in [4.69, 9.17) is 9.84 Å². The number of hydrogen-bond donors (Lipinski definition) is 3. The fourth-order valence-corrected chi connectivity index (χ4v) is 2.84. The van der Waals surface area contributed by atoms with Crippen LogP contribution in [0.25, 0.3) is 0 Å². The summed E-state index contributed by atoms with van der Waals surface area (Å²) < 4.78 is 5.11. The lowest BCUT2D eigenvalue weighted by Gasteiger charge is -2.29. The molecule has 0 aliphatic carbocycles. The zero-order valence-corrected chi connectivity index (χ0v) is 11.8. The van der Waals surface area contributed by atoms with E-state index in [1.807, 2.05) is 0 Å². The smallest absolute Gasteiger partial charge is 0.315 e. The lowest BCUT2D eigenvalue weighted by molar-refractivity contribution is -0.142. The summed E-state index contributed by atoms with van der Waals surface area (Å²) in [5.74, 6) is -1.11. The summed E-state index contributed by atoms with van der Waals surface area (Å²) in [6.07, 6.45) is 2.27. The summed E-state index contributed by atoms with van der Waals surface area (Å²) in [6, 6.07) is -0.749. The van der Waals surface area contributed by atoms with Crippen molar-refractivity contribution < 1.29 is 19.4 Å². The molecule has 3 unspecified atom stereocenters. The van der Waals surface area contributed by atoms with Gasteiger partial charge in [0.25, 0.3) is 0 Å². The van der Waals surface area contributed by atoms with Gasteiger partial charge in [0.05, 0.1) is 19.3 Å². The molecule has 7 nitrogen and oxygen atoms in total. The predicted octanol–water partition coefficient (Wildman–Crippen LogP) is -0.273. The van der Waals surface area contributed by atoms with Crippen molar-refractivity contribution in [3.8, 4) is 0 Å². The number of nitrogens with one attached hydrogen (secondary N) is 2.